The summed E-state index contributed by atoms with van der Waals surface area (Å²) in [7, 11) is 0. The van der Waals surface area contributed by atoms with Gasteiger partial charge in [0.15, 0.2) is 5.76 Å². The quantitative estimate of drug-likeness (QED) is 0.792. The van der Waals surface area contributed by atoms with Gasteiger partial charge >= 0.3 is 0 Å². The smallest absolute Gasteiger partial charge is 0.232 e. The minimum atomic E-state index is -0.154. The summed E-state index contributed by atoms with van der Waals surface area (Å²) in [5, 5.41) is 10.6. The largest absolute Gasteiger partial charge is 0.507 e. The number of phenols is 1. The van der Waals surface area contributed by atoms with E-state index < -0.39 is 0 Å². The number of carbonyl (C=O) groups is 1. The molecule has 0 radical (unpaired) electrons. The van der Waals surface area contributed by atoms with Crippen LogP contribution >= 0.6 is 0 Å². The molecule has 5 heteroatoms. The van der Waals surface area contributed by atoms with Crippen molar-refractivity contribution in [3.05, 3.63) is 70.5 Å². The molecule has 3 heterocycles. The van der Waals surface area contributed by atoms with Crippen LogP contribution in [0.5, 0.6) is 11.5 Å². The Bertz CT molecular complexity index is 1050. The molecule has 1 atom stereocenters. The summed E-state index contributed by atoms with van der Waals surface area (Å²) < 4.78 is 6.06. The zero-order valence-corrected chi connectivity index (χ0v) is 16.5. The van der Waals surface area contributed by atoms with Crippen LogP contribution in [0.25, 0.3) is 0 Å². The molecule has 0 aromatic heterocycles. The standard InChI is InChI=1S/C24H24N2O3/c1-15(26-11-5-2-6-12-26)22-20(27)10-9-18-23(28)21(29-24(18)22)13-19-17-8-4-3-7-16(17)14-25-19/h3-4,7-10,13,15,27H,2,5-6,11-12,14H2,1H3/b21-13-. The summed E-state index contributed by atoms with van der Waals surface area (Å²) in [6.07, 6.45) is 5.29. The second kappa shape index (κ2) is 7.16. The average Bonchev–Trinajstić information content (AvgIpc) is 3.30. The molecule has 5 nitrogen and oxygen atoms in total. The summed E-state index contributed by atoms with van der Waals surface area (Å²) in [4.78, 5) is 19.9. The Kier molecular flexibility index (Phi) is 4.47. The van der Waals surface area contributed by atoms with Crippen LogP contribution in [-0.4, -0.2) is 34.6 Å². The number of benzene rings is 2. The topological polar surface area (TPSA) is 62.1 Å². The zero-order chi connectivity index (χ0) is 20.0. The first-order valence-corrected chi connectivity index (χ1v) is 10.3. The summed E-state index contributed by atoms with van der Waals surface area (Å²) >= 11 is 0. The number of ketones is 1. The molecule has 5 rings (SSSR count). The van der Waals surface area contributed by atoms with Crippen LogP contribution in [0.1, 0.15) is 59.3 Å². The third-order valence-corrected chi connectivity index (χ3v) is 6.19. The van der Waals surface area contributed by atoms with Crippen molar-refractivity contribution in [2.24, 2.45) is 4.99 Å². The highest BCUT2D eigenvalue weighted by atomic mass is 16.5. The number of fused-ring (bicyclic) bond motifs is 2. The number of Topliss-reactive ketones (excluding diaryl/α,β-unsaturated/α-hetero) is 1. The van der Waals surface area contributed by atoms with Gasteiger partial charge in [0.05, 0.1) is 23.4 Å². The molecule has 2 aromatic rings. The molecule has 1 saturated heterocycles. The van der Waals surface area contributed by atoms with E-state index in [4.69, 9.17) is 4.74 Å². The maximum Gasteiger partial charge on any atom is 0.232 e. The van der Waals surface area contributed by atoms with Gasteiger partial charge in [-0.1, -0.05) is 30.7 Å². The van der Waals surface area contributed by atoms with E-state index in [2.05, 4.69) is 16.8 Å². The number of piperidine rings is 1. The number of phenolic OH excluding ortho intramolecular Hbond substituents is 1. The van der Waals surface area contributed by atoms with Gasteiger partial charge in [-0.25, -0.2) is 0 Å². The number of carbonyl (C=O) groups excluding carboxylic acids is 1. The molecular weight excluding hydrogens is 364 g/mol. The van der Waals surface area contributed by atoms with Gasteiger partial charge in [0, 0.05) is 17.7 Å². The molecule has 0 spiro atoms. The first kappa shape index (κ1) is 18.1. The van der Waals surface area contributed by atoms with E-state index in [1.54, 1.807) is 18.2 Å². The minimum Gasteiger partial charge on any atom is -0.507 e. The van der Waals surface area contributed by atoms with E-state index in [1.807, 2.05) is 24.3 Å². The molecule has 3 aliphatic heterocycles. The molecule has 2 aromatic carbocycles. The number of hydrogen-bond acceptors (Lipinski definition) is 5. The predicted octanol–water partition coefficient (Wildman–Crippen LogP) is 4.40. The molecular formula is C24H24N2O3. The van der Waals surface area contributed by atoms with Crippen molar-refractivity contribution in [3.8, 4) is 11.5 Å². The maximum atomic E-state index is 13.0. The first-order valence-electron chi connectivity index (χ1n) is 10.3. The van der Waals surface area contributed by atoms with E-state index in [-0.39, 0.29) is 23.3 Å². The SMILES string of the molecule is CC(c1c(O)ccc2c1O/C(=C\C1=NCc3ccccc31)C2=O)N1CCCCC1. The number of rotatable bonds is 3. The molecule has 0 amide bonds. The minimum absolute atomic E-state index is 0.0121. The van der Waals surface area contributed by atoms with Crippen molar-refractivity contribution in [2.45, 2.75) is 38.8 Å². The molecule has 29 heavy (non-hydrogen) atoms. The van der Waals surface area contributed by atoms with Crippen LogP contribution in [-0.2, 0) is 6.54 Å². The Balaban J connectivity index is 1.50. The first-order chi connectivity index (χ1) is 14.1. The molecule has 148 valence electrons. The molecule has 0 bridgehead atoms. The Labute approximate surface area is 170 Å². The lowest BCUT2D eigenvalue weighted by molar-refractivity contribution is 0.101. The van der Waals surface area contributed by atoms with E-state index in [9.17, 15) is 9.90 Å². The van der Waals surface area contributed by atoms with Gasteiger partial charge in [-0.2, -0.15) is 0 Å². The highest BCUT2D eigenvalue weighted by Gasteiger charge is 2.35. The van der Waals surface area contributed by atoms with Gasteiger partial charge in [0.2, 0.25) is 5.78 Å². The van der Waals surface area contributed by atoms with E-state index >= 15 is 0 Å². The van der Waals surface area contributed by atoms with Crippen molar-refractivity contribution >= 4 is 11.5 Å². The normalized spacial score (nSPS) is 20.9. The van der Waals surface area contributed by atoms with Crippen LogP contribution in [0.4, 0.5) is 0 Å². The fourth-order valence-corrected chi connectivity index (χ4v) is 4.57. The lowest BCUT2D eigenvalue weighted by Crippen LogP contribution is -2.32. The molecule has 0 saturated carbocycles. The lowest BCUT2D eigenvalue weighted by atomic mass is 9.98. The second-order valence-electron chi connectivity index (χ2n) is 7.95. The number of likely N-dealkylation sites (tertiary alicyclic amines) is 1. The molecule has 3 aliphatic rings. The summed E-state index contributed by atoms with van der Waals surface area (Å²) in [6.45, 7) is 4.69. The second-order valence-corrected chi connectivity index (χ2v) is 7.95. The highest BCUT2D eigenvalue weighted by Crippen LogP contribution is 2.44. The van der Waals surface area contributed by atoms with Crippen molar-refractivity contribution in [1.82, 2.24) is 4.90 Å². The van der Waals surface area contributed by atoms with Crippen LogP contribution in [0.2, 0.25) is 0 Å². The molecule has 1 fully saturated rings. The molecule has 0 aliphatic carbocycles. The Morgan fingerprint density at radius 1 is 1.10 bits per heavy atom. The number of allylic oxidation sites excluding steroid dienone is 2. The van der Waals surface area contributed by atoms with Gasteiger partial charge < -0.3 is 9.84 Å². The number of aromatic hydroxyl groups is 1. The summed E-state index contributed by atoms with van der Waals surface area (Å²) in [5.74, 6) is 0.790. The van der Waals surface area contributed by atoms with E-state index in [1.165, 1.54) is 6.42 Å². The summed E-state index contributed by atoms with van der Waals surface area (Å²) in [5.41, 5.74) is 4.18. The Morgan fingerprint density at radius 3 is 2.72 bits per heavy atom. The van der Waals surface area contributed by atoms with Gasteiger partial charge in [0.25, 0.3) is 0 Å². The number of ether oxygens (including phenoxy) is 1. The van der Waals surface area contributed by atoms with Crippen LogP contribution in [0.15, 0.2) is 53.2 Å². The molecule has 1 unspecified atom stereocenters. The van der Waals surface area contributed by atoms with Crippen molar-refractivity contribution in [2.75, 3.05) is 13.1 Å². The summed E-state index contributed by atoms with van der Waals surface area (Å²) in [6, 6.07) is 11.3. The maximum absolute atomic E-state index is 13.0. The van der Waals surface area contributed by atoms with E-state index in [0.717, 1.165) is 42.8 Å². The van der Waals surface area contributed by atoms with Crippen molar-refractivity contribution in [1.29, 1.82) is 0 Å². The Morgan fingerprint density at radius 2 is 1.90 bits per heavy atom. The average molecular weight is 388 g/mol. The number of nitrogens with zero attached hydrogens (tertiary/aromatic N) is 2. The van der Waals surface area contributed by atoms with Gasteiger partial charge in [-0.15, -0.1) is 0 Å². The third-order valence-electron chi connectivity index (χ3n) is 6.19. The fraction of sp³-hybridized carbons (Fsp3) is 0.333. The fourth-order valence-electron chi connectivity index (χ4n) is 4.57. The van der Waals surface area contributed by atoms with Gasteiger partial charge in [-0.3, -0.25) is 14.7 Å². The Hall–Kier alpha value is -2.92. The predicted molar refractivity (Wildman–Crippen MR) is 112 cm³/mol. The zero-order valence-electron chi connectivity index (χ0n) is 16.5. The van der Waals surface area contributed by atoms with E-state index in [0.29, 0.717) is 23.4 Å². The van der Waals surface area contributed by atoms with Crippen LogP contribution in [0.3, 0.4) is 0 Å². The van der Waals surface area contributed by atoms with Gasteiger partial charge in [-0.05, 0) is 50.6 Å². The third kappa shape index (κ3) is 3.06. The monoisotopic (exact) mass is 388 g/mol. The van der Waals surface area contributed by atoms with Crippen molar-refractivity contribution in [3.63, 3.8) is 0 Å². The molecule has 1 N–H and O–H groups in total. The van der Waals surface area contributed by atoms with Crippen LogP contribution in [0, 0.1) is 0 Å². The lowest BCUT2D eigenvalue weighted by Gasteiger charge is -2.33. The van der Waals surface area contributed by atoms with Crippen molar-refractivity contribution < 1.29 is 14.6 Å². The van der Waals surface area contributed by atoms with Gasteiger partial charge in [0.1, 0.15) is 11.5 Å². The number of hydrogen-bond donors (Lipinski definition) is 1. The van der Waals surface area contributed by atoms with Crippen LogP contribution < -0.4 is 4.74 Å². The highest BCUT2D eigenvalue weighted by molar-refractivity contribution is 6.19. The number of aliphatic imine (C=N–C) groups is 1.